The van der Waals surface area contributed by atoms with E-state index in [1.54, 1.807) is 0 Å². The monoisotopic (exact) mass is 346 g/mol. The minimum absolute atomic E-state index is 0.458. The molecule has 0 saturated carbocycles. The van der Waals surface area contributed by atoms with E-state index in [0.717, 1.165) is 11.3 Å². The van der Waals surface area contributed by atoms with Crippen LogP contribution in [0.5, 0.6) is 0 Å². The van der Waals surface area contributed by atoms with Crippen molar-refractivity contribution in [2.75, 3.05) is 11.2 Å². The fourth-order valence-electron chi connectivity index (χ4n) is 2.10. The van der Waals surface area contributed by atoms with Crippen LogP contribution in [0, 0.1) is 0 Å². The van der Waals surface area contributed by atoms with Gasteiger partial charge in [-0.05, 0) is 36.4 Å². The maximum atomic E-state index is 6.18. The standard InChI is InChI=1S/C19H23ClN2S/c1-2-3-4-8-15-23-18-13-11-17(12-14-18)21-22-19(20)16-9-6-5-7-10-16/h5-7,9-14,21H,2-4,8,15H2,1H3. The molecule has 0 spiro atoms. The average Bonchev–Trinajstić information content (AvgIpc) is 2.61. The van der Waals surface area contributed by atoms with Gasteiger partial charge in [0, 0.05) is 10.5 Å². The Kier molecular flexibility index (Phi) is 8.05. The van der Waals surface area contributed by atoms with Crippen molar-refractivity contribution in [3.8, 4) is 0 Å². The van der Waals surface area contributed by atoms with Crippen LogP contribution in [-0.2, 0) is 0 Å². The van der Waals surface area contributed by atoms with Gasteiger partial charge in [0.15, 0.2) is 5.17 Å². The van der Waals surface area contributed by atoms with E-state index in [9.17, 15) is 0 Å². The topological polar surface area (TPSA) is 24.4 Å². The summed E-state index contributed by atoms with van der Waals surface area (Å²) in [5, 5.41) is 4.67. The third-order valence-electron chi connectivity index (χ3n) is 3.42. The summed E-state index contributed by atoms with van der Waals surface area (Å²) in [4.78, 5) is 1.30. The van der Waals surface area contributed by atoms with E-state index in [4.69, 9.17) is 11.6 Å². The Labute approximate surface area is 148 Å². The average molecular weight is 347 g/mol. The Hall–Kier alpha value is -1.45. The molecule has 0 saturated heterocycles. The van der Waals surface area contributed by atoms with E-state index in [0.29, 0.717) is 5.17 Å². The lowest BCUT2D eigenvalue weighted by atomic mass is 10.2. The number of halogens is 1. The van der Waals surface area contributed by atoms with Crippen molar-refractivity contribution in [3.05, 3.63) is 60.2 Å². The molecular formula is C19H23ClN2S. The number of hydrogen-bond donors (Lipinski definition) is 1. The molecule has 2 rings (SSSR count). The molecule has 2 nitrogen and oxygen atoms in total. The minimum atomic E-state index is 0.458. The number of rotatable bonds is 9. The van der Waals surface area contributed by atoms with Gasteiger partial charge in [0.1, 0.15) is 0 Å². The summed E-state index contributed by atoms with van der Waals surface area (Å²) in [5.74, 6) is 1.19. The van der Waals surface area contributed by atoms with Crippen molar-refractivity contribution in [2.45, 2.75) is 37.5 Å². The molecule has 0 aromatic heterocycles. The highest BCUT2D eigenvalue weighted by Crippen LogP contribution is 2.22. The Morgan fingerprint density at radius 1 is 1.00 bits per heavy atom. The number of nitrogens with zero attached hydrogens (tertiary/aromatic N) is 1. The molecule has 0 bridgehead atoms. The second kappa shape index (κ2) is 10.3. The van der Waals surface area contributed by atoms with Gasteiger partial charge in [-0.3, -0.25) is 5.43 Å². The predicted molar refractivity (Wildman–Crippen MR) is 104 cm³/mol. The summed E-state index contributed by atoms with van der Waals surface area (Å²) in [5.41, 5.74) is 4.84. The number of benzene rings is 2. The van der Waals surface area contributed by atoms with Crippen LogP contribution in [0.25, 0.3) is 0 Å². The first-order valence-corrected chi connectivity index (χ1v) is 9.43. The van der Waals surface area contributed by atoms with Gasteiger partial charge in [-0.15, -0.1) is 11.8 Å². The summed E-state index contributed by atoms with van der Waals surface area (Å²) in [6.07, 6.45) is 5.24. The molecule has 2 aromatic carbocycles. The largest absolute Gasteiger partial charge is 0.277 e. The summed E-state index contributed by atoms with van der Waals surface area (Å²) >= 11 is 8.09. The molecule has 0 fully saturated rings. The lowest BCUT2D eigenvalue weighted by molar-refractivity contribution is 0.706. The highest BCUT2D eigenvalue weighted by molar-refractivity contribution is 7.99. The maximum Gasteiger partial charge on any atom is 0.156 e. The van der Waals surface area contributed by atoms with Gasteiger partial charge in [0.2, 0.25) is 0 Å². The van der Waals surface area contributed by atoms with E-state index in [1.165, 1.54) is 36.3 Å². The van der Waals surface area contributed by atoms with Crippen molar-refractivity contribution in [1.82, 2.24) is 0 Å². The first-order chi connectivity index (χ1) is 11.3. The minimum Gasteiger partial charge on any atom is -0.277 e. The molecule has 122 valence electrons. The molecule has 2 aromatic rings. The van der Waals surface area contributed by atoms with E-state index in [1.807, 2.05) is 54.2 Å². The van der Waals surface area contributed by atoms with Crippen molar-refractivity contribution in [1.29, 1.82) is 0 Å². The zero-order valence-corrected chi connectivity index (χ0v) is 15.0. The van der Waals surface area contributed by atoms with Crippen LogP contribution < -0.4 is 5.43 Å². The summed E-state index contributed by atoms with van der Waals surface area (Å²) in [6.45, 7) is 2.24. The fourth-order valence-corrected chi connectivity index (χ4v) is 3.18. The fraction of sp³-hybridized carbons (Fsp3) is 0.316. The summed E-state index contributed by atoms with van der Waals surface area (Å²) < 4.78 is 0. The van der Waals surface area contributed by atoms with E-state index in [-0.39, 0.29) is 0 Å². The summed E-state index contributed by atoms with van der Waals surface area (Å²) in [6, 6.07) is 18.0. The lowest BCUT2D eigenvalue weighted by Crippen LogP contribution is -1.96. The molecule has 0 atom stereocenters. The summed E-state index contributed by atoms with van der Waals surface area (Å²) in [7, 11) is 0. The second-order valence-corrected chi connectivity index (χ2v) is 6.84. The van der Waals surface area contributed by atoms with Crippen LogP contribution in [0.15, 0.2) is 64.6 Å². The molecule has 0 unspecified atom stereocenters. The Morgan fingerprint density at radius 2 is 1.74 bits per heavy atom. The molecule has 1 N–H and O–H groups in total. The van der Waals surface area contributed by atoms with Crippen molar-refractivity contribution in [2.24, 2.45) is 5.10 Å². The van der Waals surface area contributed by atoms with Gasteiger partial charge < -0.3 is 0 Å². The van der Waals surface area contributed by atoms with Gasteiger partial charge in [0.25, 0.3) is 0 Å². The van der Waals surface area contributed by atoms with Crippen LogP contribution in [0.1, 0.15) is 38.2 Å². The van der Waals surface area contributed by atoms with Crippen molar-refractivity contribution in [3.63, 3.8) is 0 Å². The lowest BCUT2D eigenvalue weighted by Gasteiger charge is -2.05. The number of nitrogens with one attached hydrogen (secondary N) is 1. The van der Waals surface area contributed by atoms with Crippen LogP contribution in [0.3, 0.4) is 0 Å². The van der Waals surface area contributed by atoms with Crippen LogP contribution in [-0.4, -0.2) is 10.9 Å². The third-order valence-corrected chi connectivity index (χ3v) is 4.82. The number of hydrazone groups is 1. The molecular weight excluding hydrogens is 324 g/mol. The van der Waals surface area contributed by atoms with Gasteiger partial charge in [-0.25, -0.2) is 0 Å². The smallest absolute Gasteiger partial charge is 0.156 e. The van der Waals surface area contributed by atoms with E-state index >= 15 is 0 Å². The van der Waals surface area contributed by atoms with Gasteiger partial charge in [-0.1, -0.05) is 68.1 Å². The number of thioether (sulfide) groups is 1. The second-order valence-electron chi connectivity index (χ2n) is 5.31. The zero-order valence-electron chi connectivity index (χ0n) is 13.5. The predicted octanol–water partition coefficient (Wildman–Crippen LogP) is 6.37. The molecule has 23 heavy (non-hydrogen) atoms. The number of unbranched alkanes of at least 4 members (excludes halogenated alkanes) is 3. The number of hydrogen-bond acceptors (Lipinski definition) is 3. The van der Waals surface area contributed by atoms with Gasteiger partial charge in [-0.2, -0.15) is 5.10 Å². The molecule has 0 aliphatic rings. The Morgan fingerprint density at radius 3 is 2.43 bits per heavy atom. The highest BCUT2D eigenvalue weighted by Gasteiger charge is 1.99. The first kappa shape index (κ1) is 17.9. The molecule has 0 heterocycles. The maximum absolute atomic E-state index is 6.18. The zero-order chi connectivity index (χ0) is 16.3. The highest BCUT2D eigenvalue weighted by atomic mass is 35.5. The van der Waals surface area contributed by atoms with Crippen molar-refractivity contribution < 1.29 is 0 Å². The normalized spacial score (nSPS) is 11.5. The van der Waals surface area contributed by atoms with Gasteiger partial charge in [0.05, 0.1) is 5.69 Å². The molecule has 0 radical (unpaired) electrons. The van der Waals surface area contributed by atoms with Crippen LogP contribution in [0.4, 0.5) is 5.69 Å². The SMILES string of the molecule is CCCCCCSc1ccc(NN=C(Cl)c2ccccc2)cc1. The molecule has 4 heteroatoms. The quantitative estimate of drug-likeness (QED) is 0.247. The Bertz CT molecular complexity index is 597. The van der Waals surface area contributed by atoms with Crippen LogP contribution >= 0.6 is 23.4 Å². The van der Waals surface area contributed by atoms with E-state index in [2.05, 4.69) is 29.6 Å². The first-order valence-electron chi connectivity index (χ1n) is 8.07. The van der Waals surface area contributed by atoms with E-state index < -0.39 is 0 Å². The van der Waals surface area contributed by atoms with Crippen LogP contribution in [0.2, 0.25) is 0 Å². The number of anilines is 1. The van der Waals surface area contributed by atoms with Crippen molar-refractivity contribution >= 4 is 34.2 Å². The molecule has 0 aliphatic carbocycles. The molecule has 0 aliphatic heterocycles. The Balaban J connectivity index is 1.81. The third kappa shape index (κ3) is 6.67. The van der Waals surface area contributed by atoms with Gasteiger partial charge >= 0.3 is 0 Å². The molecule has 0 amide bonds.